The van der Waals surface area contributed by atoms with Crippen LogP contribution in [0.1, 0.15) is 23.2 Å². The van der Waals surface area contributed by atoms with Gasteiger partial charge in [0.1, 0.15) is 0 Å². The maximum atomic E-state index is 11.9. The Morgan fingerprint density at radius 1 is 1.18 bits per heavy atom. The van der Waals surface area contributed by atoms with Crippen LogP contribution in [0.25, 0.3) is 0 Å². The van der Waals surface area contributed by atoms with Crippen LogP contribution >= 0.6 is 0 Å². The van der Waals surface area contributed by atoms with E-state index in [1.165, 1.54) is 12.8 Å². The van der Waals surface area contributed by atoms with Crippen molar-refractivity contribution in [1.82, 2.24) is 15.1 Å². The van der Waals surface area contributed by atoms with Crippen molar-refractivity contribution in [3.05, 3.63) is 29.8 Å². The summed E-state index contributed by atoms with van der Waals surface area (Å²) in [5.74, 6) is 0.0484. The molecule has 1 aromatic carbocycles. The van der Waals surface area contributed by atoms with Crippen molar-refractivity contribution in [2.24, 2.45) is 0 Å². The second-order valence-electron chi connectivity index (χ2n) is 6.55. The molecule has 2 fully saturated rings. The van der Waals surface area contributed by atoms with Gasteiger partial charge in [-0.2, -0.15) is 0 Å². The third-order valence-electron chi connectivity index (χ3n) is 4.64. The summed E-state index contributed by atoms with van der Waals surface area (Å²) in [5.41, 5.74) is 1.84. The molecule has 2 aliphatic heterocycles. The number of benzene rings is 1. The fraction of sp³-hybridized carbons (Fsp3) is 0.588. The molecule has 2 saturated heterocycles. The summed E-state index contributed by atoms with van der Waals surface area (Å²) in [6.07, 6.45) is 2.54. The lowest BCUT2D eigenvalue weighted by Crippen LogP contribution is -2.60. The van der Waals surface area contributed by atoms with E-state index in [9.17, 15) is 4.79 Å². The van der Waals surface area contributed by atoms with Crippen LogP contribution in [0.3, 0.4) is 0 Å². The van der Waals surface area contributed by atoms with Crippen molar-refractivity contribution >= 4 is 11.6 Å². The Labute approximate surface area is 132 Å². The van der Waals surface area contributed by atoms with E-state index in [4.69, 9.17) is 0 Å². The first-order valence-electron chi connectivity index (χ1n) is 8.16. The fourth-order valence-corrected chi connectivity index (χ4v) is 3.28. The quantitative estimate of drug-likeness (QED) is 0.878. The number of nitrogens with one attached hydrogen (secondary N) is 2. The number of amides is 1. The molecule has 1 aromatic rings. The molecule has 3 rings (SSSR count). The summed E-state index contributed by atoms with van der Waals surface area (Å²) in [7, 11) is 3.55. The molecule has 120 valence electrons. The molecule has 2 heterocycles. The molecular formula is C17H26N4O. The first-order valence-corrected chi connectivity index (χ1v) is 8.16. The number of anilines is 1. The third kappa shape index (κ3) is 3.42. The van der Waals surface area contributed by atoms with Gasteiger partial charge in [0.05, 0.1) is 6.04 Å². The average molecular weight is 302 g/mol. The molecule has 22 heavy (non-hydrogen) atoms. The van der Waals surface area contributed by atoms with E-state index >= 15 is 0 Å². The smallest absolute Gasteiger partial charge is 0.253 e. The van der Waals surface area contributed by atoms with Crippen molar-refractivity contribution in [1.29, 1.82) is 0 Å². The predicted octanol–water partition coefficient (Wildman–Crippen LogP) is 1.24. The van der Waals surface area contributed by atoms with Crippen molar-refractivity contribution in [3.63, 3.8) is 0 Å². The average Bonchev–Trinajstić information content (AvgIpc) is 2.51. The molecule has 2 N–H and O–H groups in total. The van der Waals surface area contributed by atoms with Crippen molar-refractivity contribution in [3.8, 4) is 0 Å². The van der Waals surface area contributed by atoms with Gasteiger partial charge < -0.3 is 15.5 Å². The summed E-state index contributed by atoms with van der Waals surface area (Å²) in [6.45, 7) is 4.56. The molecular weight excluding hydrogens is 276 g/mol. The topological polar surface area (TPSA) is 47.6 Å². The van der Waals surface area contributed by atoms with Gasteiger partial charge in [0.15, 0.2) is 0 Å². The van der Waals surface area contributed by atoms with Crippen molar-refractivity contribution in [2.75, 3.05) is 45.6 Å². The summed E-state index contributed by atoms with van der Waals surface area (Å²) in [5, 5.41) is 6.98. The minimum absolute atomic E-state index is 0.0484. The van der Waals surface area contributed by atoms with Crippen LogP contribution in [0.4, 0.5) is 5.69 Å². The van der Waals surface area contributed by atoms with Gasteiger partial charge in [-0.1, -0.05) is 0 Å². The zero-order valence-corrected chi connectivity index (χ0v) is 13.5. The first kappa shape index (κ1) is 15.3. The lowest BCUT2D eigenvalue weighted by molar-refractivity contribution is 0.0825. The summed E-state index contributed by atoms with van der Waals surface area (Å²) >= 11 is 0. The van der Waals surface area contributed by atoms with Gasteiger partial charge in [0.2, 0.25) is 0 Å². The molecule has 0 aliphatic carbocycles. The lowest BCUT2D eigenvalue weighted by atomic mass is 9.98. The van der Waals surface area contributed by atoms with Crippen LogP contribution in [-0.2, 0) is 0 Å². The van der Waals surface area contributed by atoms with E-state index in [1.807, 2.05) is 24.3 Å². The molecule has 2 aliphatic rings. The highest BCUT2D eigenvalue weighted by molar-refractivity contribution is 5.94. The predicted molar refractivity (Wildman–Crippen MR) is 89.3 cm³/mol. The maximum absolute atomic E-state index is 11.9. The fourth-order valence-electron chi connectivity index (χ4n) is 3.28. The SMILES string of the molecule is CN(C)C(=O)c1ccc(NC2CN(C3CCNCC3)C2)cc1. The van der Waals surface area contributed by atoms with Crippen LogP contribution in [0.2, 0.25) is 0 Å². The van der Waals surface area contributed by atoms with Crippen LogP contribution in [-0.4, -0.2) is 68.1 Å². The Hall–Kier alpha value is -1.59. The minimum atomic E-state index is 0.0484. The van der Waals surface area contributed by atoms with Gasteiger partial charge in [-0.3, -0.25) is 9.69 Å². The largest absolute Gasteiger partial charge is 0.380 e. The number of nitrogens with zero attached hydrogens (tertiary/aromatic N) is 2. The number of hydrogen-bond donors (Lipinski definition) is 2. The highest BCUT2D eigenvalue weighted by Gasteiger charge is 2.32. The summed E-state index contributed by atoms with van der Waals surface area (Å²) < 4.78 is 0. The number of carbonyl (C=O) groups is 1. The molecule has 0 spiro atoms. The van der Waals surface area contributed by atoms with E-state index < -0.39 is 0 Å². The Kier molecular flexibility index (Phi) is 4.64. The molecule has 0 radical (unpaired) electrons. The summed E-state index contributed by atoms with van der Waals surface area (Å²) in [6, 6.07) is 9.10. The van der Waals surface area contributed by atoms with E-state index in [2.05, 4.69) is 15.5 Å². The van der Waals surface area contributed by atoms with Crippen molar-refractivity contribution < 1.29 is 4.79 Å². The second-order valence-corrected chi connectivity index (χ2v) is 6.55. The third-order valence-corrected chi connectivity index (χ3v) is 4.64. The highest BCUT2D eigenvalue weighted by atomic mass is 16.2. The maximum Gasteiger partial charge on any atom is 0.253 e. The molecule has 0 bridgehead atoms. The monoisotopic (exact) mass is 302 g/mol. The van der Waals surface area contributed by atoms with Crippen LogP contribution in [0.15, 0.2) is 24.3 Å². The van der Waals surface area contributed by atoms with Gasteiger partial charge in [-0.15, -0.1) is 0 Å². The molecule has 0 atom stereocenters. The van der Waals surface area contributed by atoms with E-state index in [1.54, 1.807) is 19.0 Å². The Morgan fingerprint density at radius 2 is 1.82 bits per heavy atom. The zero-order chi connectivity index (χ0) is 15.5. The lowest BCUT2D eigenvalue weighted by Gasteiger charge is -2.46. The van der Waals surface area contributed by atoms with Gasteiger partial charge in [0.25, 0.3) is 5.91 Å². The van der Waals surface area contributed by atoms with Gasteiger partial charge >= 0.3 is 0 Å². The molecule has 0 saturated carbocycles. The Bertz CT molecular complexity index is 502. The number of rotatable bonds is 4. The minimum Gasteiger partial charge on any atom is -0.380 e. The second kappa shape index (κ2) is 6.67. The molecule has 5 nitrogen and oxygen atoms in total. The normalized spacial score (nSPS) is 20.5. The number of hydrogen-bond acceptors (Lipinski definition) is 4. The molecule has 0 aromatic heterocycles. The van der Waals surface area contributed by atoms with Gasteiger partial charge in [-0.05, 0) is 50.2 Å². The number of carbonyl (C=O) groups excluding carboxylic acids is 1. The van der Waals surface area contributed by atoms with Crippen LogP contribution < -0.4 is 10.6 Å². The van der Waals surface area contributed by atoms with Crippen LogP contribution in [0.5, 0.6) is 0 Å². The van der Waals surface area contributed by atoms with Gasteiger partial charge in [-0.25, -0.2) is 0 Å². The van der Waals surface area contributed by atoms with Crippen LogP contribution in [0, 0.1) is 0 Å². The molecule has 5 heteroatoms. The summed E-state index contributed by atoms with van der Waals surface area (Å²) in [4.78, 5) is 16.0. The van der Waals surface area contributed by atoms with Crippen molar-refractivity contribution in [2.45, 2.75) is 24.9 Å². The standard InChI is InChI=1S/C17H26N4O/c1-20(2)17(22)13-3-5-14(6-4-13)19-15-11-21(12-15)16-7-9-18-10-8-16/h3-6,15-16,18-19H,7-12H2,1-2H3. The highest BCUT2D eigenvalue weighted by Crippen LogP contribution is 2.22. The first-order chi connectivity index (χ1) is 10.6. The number of likely N-dealkylation sites (tertiary alicyclic amines) is 1. The molecule has 0 unspecified atom stereocenters. The Morgan fingerprint density at radius 3 is 2.41 bits per heavy atom. The molecule has 1 amide bonds. The van der Waals surface area contributed by atoms with Gasteiger partial charge in [0, 0.05) is 44.5 Å². The van der Waals surface area contributed by atoms with E-state index in [0.29, 0.717) is 6.04 Å². The van der Waals surface area contributed by atoms with E-state index in [-0.39, 0.29) is 5.91 Å². The Balaban J connectivity index is 1.47. The van der Waals surface area contributed by atoms with E-state index in [0.717, 1.165) is 43.5 Å². The number of piperidine rings is 1. The zero-order valence-electron chi connectivity index (χ0n) is 13.5.